The zero-order chi connectivity index (χ0) is 17.8. The van der Waals surface area contributed by atoms with E-state index in [4.69, 9.17) is 0 Å². The lowest BCUT2D eigenvalue weighted by molar-refractivity contribution is -0.129. The van der Waals surface area contributed by atoms with Crippen molar-refractivity contribution in [2.75, 3.05) is 6.54 Å². The summed E-state index contributed by atoms with van der Waals surface area (Å²) < 4.78 is 1.88. The molecule has 132 valence electrons. The number of benzene rings is 1. The summed E-state index contributed by atoms with van der Waals surface area (Å²) in [6, 6.07) is 8.11. The van der Waals surface area contributed by atoms with Crippen LogP contribution in [0.2, 0.25) is 0 Å². The molecular formula is C18H23N5O2. The lowest BCUT2D eigenvalue weighted by atomic mass is 10.1. The van der Waals surface area contributed by atoms with Crippen LogP contribution in [0.25, 0.3) is 0 Å². The second-order valence-corrected chi connectivity index (χ2v) is 6.41. The fourth-order valence-electron chi connectivity index (χ4n) is 3.00. The molecule has 1 fully saturated rings. The van der Waals surface area contributed by atoms with Gasteiger partial charge in [-0.05, 0) is 19.4 Å². The van der Waals surface area contributed by atoms with Crippen LogP contribution in [0.1, 0.15) is 30.3 Å². The first-order valence-electron chi connectivity index (χ1n) is 8.54. The number of aryl methyl sites for hydroxylation is 2. The number of carbonyl (C=O) groups excluding carboxylic acids is 2. The van der Waals surface area contributed by atoms with Gasteiger partial charge in [0.15, 0.2) is 5.82 Å². The lowest BCUT2D eigenvalue weighted by Gasteiger charge is -2.17. The second kappa shape index (κ2) is 7.46. The molecule has 7 heteroatoms. The fraction of sp³-hybridized carbons (Fsp3) is 0.444. The number of hydrogen-bond donors (Lipinski definition) is 1. The van der Waals surface area contributed by atoms with E-state index in [9.17, 15) is 9.59 Å². The molecule has 1 aromatic heterocycles. The van der Waals surface area contributed by atoms with Crippen LogP contribution >= 0.6 is 0 Å². The maximum Gasteiger partial charge on any atom is 0.225 e. The van der Waals surface area contributed by atoms with Crippen LogP contribution in [0.5, 0.6) is 0 Å². The molecular weight excluding hydrogens is 318 g/mol. The smallest absolute Gasteiger partial charge is 0.225 e. The van der Waals surface area contributed by atoms with E-state index < -0.39 is 0 Å². The minimum Gasteiger partial charge on any atom is -0.348 e. The van der Waals surface area contributed by atoms with Gasteiger partial charge in [-0.15, -0.1) is 10.2 Å². The number of amides is 2. The van der Waals surface area contributed by atoms with Gasteiger partial charge in [-0.3, -0.25) is 9.59 Å². The van der Waals surface area contributed by atoms with E-state index in [-0.39, 0.29) is 24.2 Å². The highest BCUT2D eigenvalue weighted by atomic mass is 16.2. The molecule has 7 nitrogen and oxygen atoms in total. The zero-order valence-electron chi connectivity index (χ0n) is 14.6. The standard InChI is InChI=1S/C18H23N5O2/c1-3-22-12-20-21-16(22)9-19-18(25)15-8-17(24)23(11-15)10-14-6-4-13(2)5-7-14/h4-7,12,15H,3,8-11H2,1-2H3,(H,19,25). The molecule has 2 heterocycles. The molecule has 0 aliphatic carbocycles. The molecule has 2 amide bonds. The van der Waals surface area contributed by atoms with Crippen molar-refractivity contribution in [2.45, 2.75) is 39.9 Å². The van der Waals surface area contributed by atoms with Crippen LogP contribution in [0.4, 0.5) is 0 Å². The van der Waals surface area contributed by atoms with Crippen LogP contribution in [-0.2, 0) is 29.2 Å². The minimum absolute atomic E-state index is 0.0254. The van der Waals surface area contributed by atoms with E-state index in [1.807, 2.05) is 42.7 Å². The summed E-state index contributed by atoms with van der Waals surface area (Å²) in [6.45, 7) is 6.11. The average molecular weight is 341 g/mol. The molecule has 1 unspecified atom stereocenters. The number of rotatable bonds is 6. The van der Waals surface area contributed by atoms with Gasteiger partial charge in [0.25, 0.3) is 0 Å². The van der Waals surface area contributed by atoms with Crippen LogP contribution in [0.3, 0.4) is 0 Å². The Morgan fingerprint density at radius 1 is 1.32 bits per heavy atom. The van der Waals surface area contributed by atoms with Crippen molar-refractivity contribution in [3.05, 3.63) is 47.5 Å². The Balaban J connectivity index is 1.54. The van der Waals surface area contributed by atoms with Crippen molar-refractivity contribution >= 4 is 11.8 Å². The van der Waals surface area contributed by atoms with Crippen molar-refractivity contribution in [1.82, 2.24) is 25.0 Å². The second-order valence-electron chi connectivity index (χ2n) is 6.41. The van der Waals surface area contributed by atoms with E-state index >= 15 is 0 Å². The predicted molar refractivity (Wildman–Crippen MR) is 92.2 cm³/mol. The Morgan fingerprint density at radius 3 is 2.80 bits per heavy atom. The van der Waals surface area contributed by atoms with E-state index in [2.05, 4.69) is 15.5 Å². The summed E-state index contributed by atoms with van der Waals surface area (Å²) in [4.78, 5) is 26.3. The van der Waals surface area contributed by atoms with Gasteiger partial charge in [-0.1, -0.05) is 29.8 Å². The number of nitrogens with zero attached hydrogens (tertiary/aromatic N) is 4. The van der Waals surface area contributed by atoms with Gasteiger partial charge in [0.1, 0.15) is 6.33 Å². The summed E-state index contributed by atoms with van der Waals surface area (Å²) in [5, 5.41) is 10.7. The van der Waals surface area contributed by atoms with E-state index in [0.717, 1.165) is 17.9 Å². The number of nitrogens with one attached hydrogen (secondary N) is 1. The normalized spacial score (nSPS) is 17.1. The Bertz CT molecular complexity index is 753. The van der Waals surface area contributed by atoms with E-state index in [0.29, 0.717) is 19.6 Å². The molecule has 1 N–H and O–H groups in total. The summed E-state index contributed by atoms with van der Waals surface area (Å²) in [5.41, 5.74) is 2.27. The Hall–Kier alpha value is -2.70. The fourth-order valence-corrected chi connectivity index (χ4v) is 3.00. The van der Waals surface area contributed by atoms with Gasteiger partial charge >= 0.3 is 0 Å². The van der Waals surface area contributed by atoms with Crippen molar-refractivity contribution in [1.29, 1.82) is 0 Å². The quantitative estimate of drug-likeness (QED) is 0.858. The van der Waals surface area contributed by atoms with Gasteiger partial charge in [0, 0.05) is 26.1 Å². The maximum absolute atomic E-state index is 12.4. The topological polar surface area (TPSA) is 80.1 Å². The molecule has 0 saturated carbocycles. The molecule has 3 rings (SSSR count). The molecule has 25 heavy (non-hydrogen) atoms. The first-order chi connectivity index (χ1) is 12.1. The molecule has 1 aromatic carbocycles. The minimum atomic E-state index is -0.309. The summed E-state index contributed by atoms with van der Waals surface area (Å²) in [6.07, 6.45) is 1.90. The lowest BCUT2D eigenvalue weighted by Crippen LogP contribution is -2.33. The summed E-state index contributed by atoms with van der Waals surface area (Å²) >= 11 is 0. The molecule has 1 saturated heterocycles. The molecule has 0 spiro atoms. The van der Waals surface area contributed by atoms with Gasteiger partial charge in [0.05, 0.1) is 12.5 Å². The molecule has 1 atom stereocenters. The van der Waals surface area contributed by atoms with E-state index in [1.165, 1.54) is 5.56 Å². The molecule has 1 aliphatic heterocycles. The number of hydrogen-bond acceptors (Lipinski definition) is 4. The third-order valence-electron chi connectivity index (χ3n) is 4.54. The highest BCUT2D eigenvalue weighted by Gasteiger charge is 2.34. The number of aromatic nitrogens is 3. The highest BCUT2D eigenvalue weighted by Crippen LogP contribution is 2.20. The Labute approximate surface area is 147 Å². The Kier molecular flexibility index (Phi) is 5.11. The third-order valence-corrected chi connectivity index (χ3v) is 4.54. The Morgan fingerprint density at radius 2 is 2.08 bits per heavy atom. The summed E-state index contributed by atoms with van der Waals surface area (Å²) in [7, 11) is 0. The summed E-state index contributed by atoms with van der Waals surface area (Å²) in [5.74, 6) is 0.329. The average Bonchev–Trinajstić information content (AvgIpc) is 3.21. The first kappa shape index (κ1) is 17.1. The predicted octanol–water partition coefficient (Wildman–Crippen LogP) is 1.27. The number of likely N-dealkylation sites (tertiary alicyclic amines) is 1. The van der Waals surface area contributed by atoms with Gasteiger partial charge in [-0.25, -0.2) is 0 Å². The largest absolute Gasteiger partial charge is 0.348 e. The van der Waals surface area contributed by atoms with Gasteiger partial charge in [-0.2, -0.15) is 0 Å². The van der Waals surface area contributed by atoms with Crippen LogP contribution in [0.15, 0.2) is 30.6 Å². The van der Waals surface area contributed by atoms with Crippen molar-refractivity contribution in [3.63, 3.8) is 0 Å². The molecule has 0 radical (unpaired) electrons. The van der Waals surface area contributed by atoms with Crippen molar-refractivity contribution < 1.29 is 9.59 Å². The third kappa shape index (κ3) is 4.04. The monoisotopic (exact) mass is 341 g/mol. The van der Waals surface area contributed by atoms with Crippen molar-refractivity contribution in [2.24, 2.45) is 5.92 Å². The maximum atomic E-state index is 12.4. The molecule has 1 aliphatic rings. The van der Waals surface area contributed by atoms with Gasteiger partial charge in [0.2, 0.25) is 11.8 Å². The first-order valence-corrected chi connectivity index (χ1v) is 8.54. The van der Waals surface area contributed by atoms with Crippen LogP contribution in [0, 0.1) is 12.8 Å². The molecule has 0 bridgehead atoms. The van der Waals surface area contributed by atoms with Crippen LogP contribution in [-0.4, -0.2) is 38.0 Å². The van der Waals surface area contributed by atoms with Crippen LogP contribution < -0.4 is 5.32 Å². The number of carbonyl (C=O) groups is 2. The SMILES string of the molecule is CCn1cnnc1CNC(=O)C1CC(=O)N(Cc2ccc(C)cc2)C1. The highest BCUT2D eigenvalue weighted by molar-refractivity contribution is 5.89. The van der Waals surface area contributed by atoms with Gasteiger partial charge < -0.3 is 14.8 Å². The molecule has 2 aromatic rings. The van der Waals surface area contributed by atoms with E-state index in [1.54, 1.807) is 11.2 Å². The van der Waals surface area contributed by atoms with Crippen molar-refractivity contribution in [3.8, 4) is 0 Å². The zero-order valence-corrected chi connectivity index (χ0v) is 14.6.